The lowest BCUT2D eigenvalue weighted by molar-refractivity contribution is -0.130. The number of para-hydroxylation sites is 1. The van der Waals surface area contributed by atoms with Crippen LogP contribution in [0.15, 0.2) is 54.6 Å². The molecular formula is C19H22N4O2. The van der Waals surface area contributed by atoms with Gasteiger partial charge < -0.3 is 20.9 Å². The summed E-state index contributed by atoms with van der Waals surface area (Å²) in [6.07, 6.45) is 0. The summed E-state index contributed by atoms with van der Waals surface area (Å²) in [5.41, 5.74) is 7.87. The largest absolute Gasteiger partial charge is 0.399 e. The Morgan fingerprint density at radius 2 is 1.56 bits per heavy atom. The summed E-state index contributed by atoms with van der Waals surface area (Å²) >= 11 is 0. The summed E-state index contributed by atoms with van der Waals surface area (Å²) in [4.78, 5) is 28.4. The van der Waals surface area contributed by atoms with Gasteiger partial charge >= 0.3 is 0 Å². The molecule has 0 atom stereocenters. The number of hydrogen-bond acceptors (Lipinski definition) is 4. The van der Waals surface area contributed by atoms with Gasteiger partial charge in [0.15, 0.2) is 0 Å². The SMILES string of the molecule is Nc1ccc(C(=O)NCC(=O)N2CCN(c3ccccc3)CC2)cc1. The minimum atomic E-state index is -0.267. The van der Waals surface area contributed by atoms with Crippen molar-refractivity contribution in [2.75, 3.05) is 43.4 Å². The maximum atomic E-state index is 12.3. The first-order chi connectivity index (χ1) is 12.1. The van der Waals surface area contributed by atoms with Crippen molar-refractivity contribution in [3.63, 3.8) is 0 Å². The van der Waals surface area contributed by atoms with E-state index in [1.54, 1.807) is 29.2 Å². The number of carbonyl (C=O) groups is 2. The maximum absolute atomic E-state index is 12.3. The minimum absolute atomic E-state index is 0.00848. The lowest BCUT2D eigenvalue weighted by atomic mass is 10.2. The van der Waals surface area contributed by atoms with Crippen molar-refractivity contribution in [2.24, 2.45) is 0 Å². The van der Waals surface area contributed by atoms with Crippen LogP contribution in [0.1, 0.15) is 10.4 Å². The fourth-order valence-corrected chi connectivity index (χ4v) is 2.86. The molecule has 0 spiro atoms. The van der Waals surface area contributed by atoms with Gasteiger partial charge in [0.1, 0.15) is 0 Å². The summed E-state index contributed by atoms with van der Waals surface area (Å²) < 4.78 is 0. The topological polar surface area (TPSA) is 78.7 Å². The lowest BCUT2D eigenvalue weighted by Crippen LogP contribution is -2.51. The molecule has 1 saturated heterocycles. The molecular weight excluding hydrogens is 316 g/mol. The highest BCUT2D eigenvalue weighted by atomic mass is 16.2. The van der Waals surface area contributed by atoms with E-state index >= 15 is 0 Å². The molecule has 3 rings (SSSR count). The summed E-state index contributed by atoms with van der Waals surface area (Å²) in [5.74, 6) is -0.326. The zero-order valence-corrected chi connectivity index (χ0v) is 14.0. The van der Waals surface area contributed by atoms with Gasteiger partial charge in [-0.3, -0.25) is 9.59 Å². The molecule has 0 aromatic heterocycles. The van der Waals surface area contributed by atoms with Crippen molar-refractivity contribution in [3.8, 4) is 0 Å². The van der Waals surface area contributed by atoms with E-state index in [0.29, 0.717) is 24.3 Å². The van der Waals surface area contributed by atoms with Crippen LogP contribution in [0, 0.1) is 0 Å². The van der Waals surface area contributed by atoms with Crippen LogP contribution >= 0.6 is 0 Å². The zero-order chi connectivity index (χ0) is 17.6. The van der Waals surface area contributed by atoms with Gasteiger partial charge in [-0.05, 0) is 36.4 Å². The summed E-state index contributed by atoms with van der Waals surface area (Å²) in [6, 6.07) is 16.8. The second-order valence-corrected chi connectivity index (χ2v) is 6.01. The Morgan fingerprint density at radius 1 is 0.920 bits per heavy atom. The predicted octanol–water partition coefficient (Wildman–Crippen LogP) is 1.35. The van der Waals surface area contributed by atoms with E-state index in [-0.39, 0.29) is 18.4 Å². The van der Waals surface area contributed by atoms with Gasteiger partial charge in [-0.1, -0.05) is 18.2 Å². The molecule has 2 aromatic rings. The molecule has 0 saturated carbocycles. The molecule has 1 aliphatic rings. The third-order valence-electron chi connectivity index (χ3n) is 4.33. The molecule has 0 bridgehead atoms. The minimum Gasteiger partial charge on any atom is -0.399 e. The van der Waals surface area contributed by atoms with Crippen molar-refractivity contribution in [3.05, 3.63) is 60.2 Å². The van der Waals surface area contributed by atoms with Crippen molar-refractivity contribution in [1.82, 2.24) is 10.2 Å². The highest BCUT2D eigenvalue weighted by Crippen LogP contribution is 2.15. The first kappa shape index (κ1) is 16.8. The molecule has 2 amide bonds. The number of rotatable bonds is 4. The quantitative estimate of drug-likeness (QED) is 0.825. The Balaban J connectivity index is 1.46. The molecule has 1 fully saturated rings. The smallest absolute Gasteiger partial charge is 0.251 e. The molecule has 25 heavy (non-hydrogen) atoms. The van der Waals surface area contributed by atoms with Crippen LogP contribution in [0.4, 0.5) is 11.4 Å². The molecule has 2 aromatic carbocycles. The Hall–Kier alpha value is -3.02. The Labute approximate surface area is 147 Å². The fourth-order valence-electron chi connectivity index (χ4n) is 2.86. The molecule has 6 heteroatoms. The van der Waals surface area contributed by atoms with Crippen molar-refractivity contribution in [1.29, 1.82) is 0 Å². The van der Waals surface area contributed by atoms with Crippen molar-refractivity contribution in [2.45, 2.75) is 0 Å². The van der Waals surface area contributed by atoms with E-state index in [4.69, 9.17) is 5.73 Å². The van der Waals surface area contributed by atoms with E-state index in [0.717, 1.165) is 13.1 Å². The van der Waals surface area contributed by atoms with E-state index < -0.39 is 0 Å². The van der Waals surface area contributed by atoms with Crippen molar-refractivity contribution >= 4 is 23.2 Å². The summed E-state index contributed by atoms with van der Waals surface area (Å²) in [6.45, 7) is 2.91. The Morgan fingerprint density at radius 3 is 2.20 bits per heavy atom. The molecule has 130 valence electrons. The molecule has 1 heterocycles. The van der Waals surface area contributed by atoms with E-state index in [9.17, 15) is 9.59 Å². The monoisotopic (exact) mass is 338 g/mol. The van der Waals surface area contributed by atoms with Gasteiger partial charge in [0.2, 0.25) is 5.91 Å². The number of nitrogens with one attached hydrogen (secondary N) is 1. The number of nitrogens with zero attached hydrogens (tertiary/aromatic N) is 2. The van der Waals surface area contributed by atoms with Gasteiger partial charge in [0.05, 0.1) is 6.54 Å². The highest BCUT2D eigenvalue weighted by Gasteiger charge is 2.21. The number of benzene rings is 2. The second-order valence-electron chi connectivity index (χ2n) is 6.01. The van der Waals surface area contributed by atoms with Gasteiger partial charge in [0.25, 0.3) is 5.91 Å². The molecule has 0 radical (unpaired) electrons. The second kappa shape index (κ2) is 7.70. The van der Waals surface area contributed by atoms with Crippen LogP contribution in [0.3, 0.4) is 0 Å². The maximum Gasteiger partial charge on any atom is 0.251 e. The third kappa shape index (κ3) is 4.29. The number of piperazine rings is 1. The molecule has 6 nitrogen and oxygen atoms in total. The third-order valence-corrected chi connectivity index (χ3v) is 4.33. The standard InChI is InChI=1S/C19H22N4O2/c20-16-8-6-15(7-9-16)19(25)21-14-18(24)23-12-10-22(11-13-23)17-4-2-1-3-5-17/h1-9H,10-14,20H2,(H,21,25). The van der Waals surface area contributed by atoms with Crippen LogP contribution in [-0.2, 0) is 4.79 Å². The number of carbonyl (C=O) groups excluding carboxylic acids is 2. The number of amides is 2. The van der Waals surface area contributed by atoms with Crippen LogP contribution in [-0.4, -0.2) is 49.4 Å². The predicted molar refractivity (Wildman–Crippen MR) is 98.4 cm³/mol. The van der Waals surface area contributed by atoms with Gasteiger partial charge in [-0.15, -0.1) is 0 Å². The van der Waals surface area contributed by atoms with E-state index in [2.05, 4.69) is 22.3 Å². The van der Waals surface area contributed by atoms with Gasteiger partial charge in [-0.25, -0.2) is 0 Å². The van der Waals surface area contributed by atoms with Crippen molar-refractivity contribution < 1.29 is 9.59 Å². The van der Waals surface area contributed by atoms with E-state index in [1.165, 1.54) is 5.69 Å². The van der Waals surface area contributed by atoms with E-state index in [1.807, 2.05) is 18.2 Å². The average Bonchev–Trinajstić information content (AvgIpc) is 2.67. The first-order valence-electron chi connectivity index (χ1n) is 8.35. The van der Waals surface area contributed by atoms with Crippen LogP contribution in [0.5, 0.6) is 0 Å². The number of anilines is 2. The van der Waals surface area contributed by atoms with Crippen LogP contribution in [0.2, 0.25) is 0 Å². The van der Waals surface area contributed by atoms with Gasteiger partial charge in [-0.2, -0.15) is 0 Å². The molecule has 0 unspecified atom stereocenters. The highest BCUT2D eigenvalue weighted by molar-refractivity contribution is 5.96. The molecule has 3 N–H and O–H groups in total. The lowest BCUT2D eigenvalue weighted by Gasteiger charge is -2.36. The van der Waals surface area contributed by atoms with Gasteiger partial charge in [0, 0.05) is 43.1 Å². The Kier molecular flexibility index (Phi) is 5.18. The number of hydrogen-bond donors (Lipinski definition) is 2. The average molecular weight is 338 g/mol. The number of nitrogen functional groups attached to an aromatic ring is 1. The van der Waals surface area contributed by atoms with Crippen LogP contribution in [0.25, 0.3) is 0 Å². The zero-order valence-electron chi connectivity index (χ0n) is 14.0. The Bertz CT molecular complexity index is 723. The first-order valence-corrected chi connectivity index (χ1v) is 8.35. The normalized spacial score (nSPS) is 14.2. The summed E-state index contributed by atoms with van der Waals surface area (Å²) in [7, 11) is 0. The van der Waals surface area contributed by atoms with Crippen LogP contribution < -0.4 is 16.0 Å². The molecule has 1 aliphatic heterocycles. The summed E-state index contributed by atoms with van der Waals surface area (Å²) in [5, 5.41) is 2.67. The fraction of sp³-hybridized carbons (Fsp3) is 0.263. The molecule has 0 aliphatic carbocycles. The number of nitrogens with two attached hydrogens (primary N) is 1.